The Kier molecular flexibility index (Phi) is 5.18. The molecule has 6 heteroatoms. The van der Waals surface area contributed by atoms with E-state index in [1.807, 2.05) is 60.4 Å². The fourth-order valence-electron chi connectivity index (χ4n) is 4.51. The number of hydrogen-bond donors (Lipinski definition) is 1. The standard InChI is InChI=1S/C26H25N3O2S/c1-18-10-12-20(13-11-18)17-28-23-9-4-3-8-22(23)26(24(28)30)29(14-15-32-26)25(31)27-21-7-5-6-19(2)16-21/h3-13,16H,14-15,17H2,1-2H3,(H,27,31). The molecule has 0 aromatic heterocycles. The summed E-state index contributed by atoms with van der Waals surface area (Å²) in [4.78, 5) is 29.8. The van der Waals surface area contributed by atoms with E-state index in [1.165, 1.54) is 5.56 Å². The van der Waals surface area contributed by atoms with E-state index in [0.29, 0.717) is 18.8 Å². The Morgan fingerprint density at radius 2 is 1.78 bits per heavy atom. The number of hydrogen-bond acceptors (Lipinski definition) is 3. The second-order valence-electron chi connectivity index (χ2n) is 8.34. The summed E-state index contributed by atoms with van der Waals surface area (Å²) in [5, 5.41) is 3.00. The first-order valence-corrected chi connectivity index (χ1v) is 11.7. The predicted molar refractivity (Wildman–Crippen MR) is 130 cm³/mol. The minimum Gasteiger partial charge on any atom is -0.308 e. The van der Waals surface area contributed by atoms with Crippen LogP contribution in [0.2, 0.25) is 0 Å². The van der Waals surface area contributed by atoms with Crippen LogP contribution in [0.1, 0.15) is 22.3 Å². The highest BCUT2D eigenvalue weighted by Gasteiger charge is 2.59. The first-order valence-electron chi connectivity index (χ1n) is 10.8. The number of amides is 3. The van der Waals surface area contributed by atoms with E-state index < -0.39 is 4.87 Å². The SMILES string of the molecule is Cc1ccc(CN2C(=O)C3(SCCN3C(=O)Nc3cccc(C)c3)c3ccccc32)cc1. The molecule has 1 spiro atoms. The van der Waals surface area contributed by atoms with Crippen LogP contribution in [0, 0.1) is 13.8 Å². The maximum absolute atomic E-state index is 14.0. The summed E-state index contributed by atoms with van der Waals surface area (Å²) in [6.07, 6.45) is 0. The topological polar surface area (TPSA) is 52.7 Å². The first kappa shape index (κ1) is 20.6. The minimum absolute atomic E-state index is 0.0545. The maximum atomic E-state index is 14.0. The highest BCUT2D eigenvalue weighted by atomic mass is 32.2. The predicted octanol–water partition coefficient (Wildman–Crippen LogP) is 5.28. The summed E-state index contributed by atoms with van der Waals surface area (Å²) >= 11 is 1.54. The Labute approximate surface area is 192 Å². The number of anilines is 2. The van der Waals surface area contributed by atoms with Crippen LogP contribution in [0.25, 0.3) is 0 Å². The molecule has 0 aliphatic carbocycles. The van der Waals surface area contributed by atoms with Gasteiger partial charge in [-0.25, -0.2) is 4.79 Å². The highest BCUT2D eigenvalue weighted by molar-refractivity contribution is 8.01. The van der Waals surface area contributed by atoms with E-state index in [4.69, 9.17) is 0 Å². The zero-order valence-corrected chi connectivity index (χ0v) is 19.0. The third kappa shape index (κ3) is 3.35. The minimum atomic E-state index is -1.03. The number of nitrogens with zero attached hydrogens (tertiary/aromatic N) is 2. The number of urea groups is 1. The lowest BCUT2D eigenvalue weighted by atomic mass is 10.1. The molecule has 1 N–H and O–H groups in total. The van der Waals surface area contributed by atoms with Crippen molar-refractivity contribution < 1.29 is 9.59 Å². The van der Waals surface area contributed by atoms with Crippen LogP contribution in [0.5, 0.6) is 0 Å². The van der Waals surface area contributed by atoms with E-state index in [2.05, 4.69) is 36.5 Å². The van der Waals surface area contributed by atoms with Gasteiger partial charge in [-0.3, -0.25) is 9.69 Å². The van der Waals surface area contributed by atoms with Gasteiger partial charge >= 0.3 is 6.03 Å². The Hall–Kier alpha value is -3.25. The molecule has 0 radical (unpaired) electrons. The van der Waals surface area contributed by atoms with Gasteiger partial charge in [0.2, 0.25) is 0 Å². The van der Waals surface area contributed by atoms with Gasteiger partial charge in [-0.15, -0.1) is 11.8 Å². The molecule has 1 fully saturated rings. The molecular formula is C26H25N3O2S. The molecule has 162 valence electrons. The van der Waals surface area contributed by atoms with Crippen LogP contribution in [0.15, 0.2) is 72.8 Å². The normalized spacial score (nSPS) is 19.5. The average molecular weight is 444 g/mol. The van der Waals surface area contributed by atoms with Gasteiger partial charge in [0.1, 0.15) is 0 Å². The van der Waals surface area contributed by atoms with E-state index in [9.17, 15) is 9.59 Å². The monoisotopic (exact) mass is 443 g/mol. The number of benzene rings is 3. The number of carbonyl (C=O) groups excluding carboxylic acids is 2. The van der Waals surface area contributed by atoms with Gasteiger partial charge in [-0.05, 0) is 43.2 Å². The smallest absolute Gasteiger partial charge is 0.308 e. The molecular weight excluding hydrogens is 418 g/mol. The molecule has 2 aliphatic heterocycles. The molecule has 32 heavy (non-hydrogen) atoms. The van der Waals surface area contributed by atoms with Crippen LogP contribution in [-0.4, -0.2) is 29.1 Å². The first-order chi connectivity index (χ1) is 15.5. The van der Waals surface area contributed by atoms with Crippen molar-refractivity contribution in [1.29, 1.82) is 0 Å². The van der Waals surface area contributed by atoms with Crippen molar-refractivity contribution in [3.8, 4) is 0 Å². The van der Waals surface area contributed by atoms with Crippen LogP contribution < -0.4 is 10.2 Å². The number of nitrogens with one attached hydrogen (secondary N) is 1. The highest BCUT2D eigenvalue weighted by Crippen LogP contribution is 2.54. The van der Waals surface area contributed by atoms with Gasteiger partial charge in [0.05, 0.1) is 12.2 Å². The van der Waals surface area contributed by atoms with E-state index >= 15 is 0 Å². The van der Waals surface area contributed by atoms with Crippen molar-refractivity contribution in [1.82, 2.24) is 4.90 Å². The Balaban J connectivity index is 1.50. The van der Waals surface area contributed by atoms with Crippen LogP contribution in [-0.2, 0) is 16.2 Å². The molecule has 2 heterocycles. The lowest BCUT2D eigenvalue weighted by Gasteiger charge is -2.33. The van der Waals surface area contributed by atoms with Gasteiger partial charge in [0, 0.05) is 23.5 Å². The maximum Gasteiger partial charge on any atom is 0.323 e. The fraction of sp³-hybridized carbons (Fsp3) is 0.231. The summed E-state index contributed by atoms with van der Waals surface area (Å²) in [5.41, 5.74) is 5.82. The summed E-state index contributed by atoms with van der Waals surface area (Å²) in [5.74, 6) is 0.654. The van der Waals surface area contributed by atoms with Gasteiger partial charge < -0.3 is 10.2 Å². The number of aryl methyl sites for hydroxylation is 2. The zero-order valence-electron chi connectivity index (χ0n) is 18.2. The summed E-state index contributed by atoms with van der Waals surface area (Å²) in [6.45, 7) is 5.03. The van der Waals surface area contributed by atoms with Crippen molar-refractivity contribution in [3.63, 3.8) is 0 Å². The molecule has 3 amide bonds. The summed E-state index contributed by atoms with van der Waals surface area (Å²) in [6, 6.07) is 23.5. The molecule has 5 rings (SSSR count). The lowest BCUT2D eigenvalue weighted by Crippen LogP contribution is -2.51. The molecule has 5 nitrogen and oxygen atoms in total. The average Bonchev–Trinajstić information content (AvgIpc) is 3.33. The van der Waals surface area contributed by atoms with E-state index in [0.717, 1.165) is 28.1 Å². The Bertz CT molecular complexity index is 1190. The molecule has 1 unspecified atom stereocenters. The number of para-hydroxylation sites is 1. The van der Waals surface area contributed by atoms with Gasteiger partial charge in [0.15, 0.2) is 4.87 Å². The largest absolute Gasteiger partial charge is 0.323 e. The third-order valence-electron chi connectivity index (χ3n) is 6.08. The molecule has 1 saturated heterocycles. The quantitative estimate of drug-likeness (QED) is 0.599. The van der Waals surface area contributed by atoms with E-state index in [-0.39, 0.29) is 11.9 Å². The fourth-order valence-corrected chi connectivity index (χ4v) is 5.98. The summed E-state index contributed by atoms with van der Waals surface area (Å²) < 4.78 is 0. The molecule has 2 aliphatic rings. The lowest BCUT2D eigenvalue weighted by molar-refractivity contribution is -0.123. The molecule has 0 saturated carbocycles. The number of fused-ring (bicyclic) bond motifs is 2. The Morgan fingerprint density at radius 1 is 1.00 bits per heavy atom. The van der Waals surface area contributed by atoms with Crippen molar-refractivity contribution in [2.24, 2.45) is 0 Å². The van der Waals surface area contributed by atoms with Crippen molar-refractivity contribution in [3.05, 3.63) is 95.1 Å². The Morgan fingerprint density at radius 3 is 2.56 bits per heavy atom. The molecule has 1 atom stereocenters. The van der Waals surface area contributed by atoms with E-state index in [1.54, 1.807) is 16.7 Å². The molecule has 3 aromatic carbocycles. The molecule has 3 aromatic rings. The second kappa shape index (κ2) is 8.02. The van der Waals surface area contributed by atoms with Crippen LogP contribution in [0.4, 0.5) is 16.2 Å². The molecule has 0 bridgehead atoms. The van der Waals surface area contributed by atoms with Gasteiger partial charge in [-0.1, -0.05) is 60.2 Å². The number of rotatable bonds is 3. The van der Waals surface area contributed by atoms with Crippen molar-refractivity contribution >= 4 is 35.1 Å². The third-order valence-corrected chi connectivity index (χ3v) is 7.50. The van der Waals surface area contributed by atoms with Gasteiger partial charge in [-0.2, -0.15) is 0 Å². The van der Waals surface area contributed by atoms with Crippen molar-refractivity contribution in [2.45, 2.75) is 25.3 Å². The number of carbonyl (C=O) groups is 2. The number of thioether (sulfide) groups is 1. The van der Waals surface area contributed by atoms with Gasteiger partial charge in [0.25, 0.3) is 5.91 Å². The van der Waals surface area contributed by atoms with Crippen LogP contribution in [0.3, 0.4) is 0 Å². The van der Waals surface area contributed by atoms with Crippen molar-refractivity contribution in [2.75, 3.05) is 22.5 Å². The summed E-state index contributed by atoms with van der Waals surface area (Å²) in [7, 11) is 0. The second-order valence-corrected chi connectivity index (χ2v) is 9.63. The zero-order chi connectivity index (χ0) is 22.3. The van der Waals surface area contributed by atoms with Crippen LogP contribution >= 0.6 is 11.8 Å².